The molecule has 154 valence electrons. The van der Waals surface area contributed by atoms with Gasteiger partial charge in [-0.1, -0.05) is 23.7 Å². The standard InChI is InChI=1S/C22H22ClN5O2/c1-12(2)28-17(11-15-7-5-8-16(23)19(15)22(28)30)13(3)25-21(29)18-14(4)26-27-10-6-9-24-20(18)27/h5-13H,1-4H3,(H,25,29)/t13-/m0/s1. The lowest BCUT2D eigenvalue weighted by Gasteiger charge is -2.23. The molecule has 0 saturated heterocycles. The van der Waals surface area contributed by atoms with Crippen molar-refractivity contribution in [2.45, 2.75) is 39.8 Å². The van der Waals surface area contributed by atoms with Crippen molar-refractivity contribution in [2.24, 2.45) is 0 Å². The van der Waals surface area contributed by atoms with Gasteiger partial charge < -0.3 is 9.88 Å². The minimum absolute atomic E-state index is 0.104. The molecule has 0 aliphatic carbocycles. The van der Waals surface area contributed by atoms with Crippen molar-refractivity contribution < 1.29 is 4.79 Å². The van der Waals surface area contributed by atoms with Crippen LogP contribution >= 0.6 is 11.6 Å². The molecule has 3 aromatic heterocycles. The highest BCUT2D eigenvalue weighted by Gasteiger charge is 2.23. The monoisotopic (exact) mass is 423 g/mol. The fourth-order valence-electron chi connectivity index (χ4n) is 3.82. The van der Waals surface area contributed by atoms with Crippen molar-refractivity contribution in [2.75, 3.05) is 0 Å². The molecule has 4 aromatic rings. The summed E-state index contributed by atoms with van der Waals surface area (Å²) in [6.07, 6.45) is 3.37. The summed E-state index contributed by atoms with van der Waals surface area (Å²) in [6.45, 7) is 7.50. The molecule has 0 bridgehead atoms. The molecular formula is C22H22ClN5O2. The van der Waals surface area contributed by atoms with Gasteiger partial charge in [0.2, 0.25) is 0 Å². The number of pyridine rings is 1. The van der Waals surface area contributed by atoms with Gasteiger partial charge in [0.15, 0.2) is 5.65 Å². The minimum atomic E-state index is -0.422. The molecular weight excluding hydrogens is 402 g/mol. The number of halogens is 1. The van der Waals surface area contributed by atoms with Gasteiger partial charge in [0, 0.05) is 24.1 Å². The Morgan fingerprint density at radius 1 is 1.20 bits per heavy atom. The summed E-state index contributed by atoms with van der Waals surface area (Å²) in [4.78, 5) is 30.6. The molecule has 1 aromatic carbocycles. The summed E-state index contributed by atoms with van der Waals surface area (Å²) < 4.78 is 3.26. The van der Waals surface area contributed by atoms with Gasteiger partial charge in [-0.05, 0) is 51.3 Å². The Morgan fingerprint density at radius 3 is 2.70 bits per heavy atom. The van der Waals surface area contributed by atoms with Crippen molar-refractivity contribution in [1.82, 2.24) is 24.5 Å². The number of aromatic nitrogens is 4. The zero-order chi connectivity index (χ0) is 21.6. The fraction of sp³-hybridized carbons (Fsp3) is 0.273. The fourth-order valence-corrected chi connectivity index (χ4v) is 4.09. The predicted octanol–water partition coefficient (Wildman–Crippen LogP) is 4.08. The maximum atomic E-state index is 13.2. The molecule has 0 unspecified atom stereocenters. The van der Waals surface area contributed by atoms with Crippen molar-refractivity contribution in [3.63, 3.8) is 0 Å². The largest absolute Gasteiger partial charge is 0.344 e. The molecule has 0 aliphatic heterocycles. The Balaban J connectivity index is 1.79. The number of nitrogens with zero attached hydrogens (tertiary/aromatic N) is 4. The first kappa shape index (κ1) is 20.1. The zero-order valence-corrected chi connectivity index (χ0v) is 17.9. The lowest BCUT2D eigenvalue weighted by atomic mass is 10.1. The van der Waals surface area contributed by atoms with Crippen LogP contribution in [-0.4, -0.2) is 25.1 Å². The average molecular weight is 424 g/mol. The van der Waals surface area contributed by atoms with Gasteiger partial charge in [-0.25, -0.2) is 9.50 Å². The highest BCUT2D eigenvalue weighted by atomic mass is 35.5. The number of carbonyl (C=O) groups is 1. The Hall–Kier alpha value is -3.19. The lowest BCUT2D eigenvalue weighted by Crippen LogP contribution is -2.33. The van der Waals surface area contributed by atoms with Gasteiger partial charge in [0.1, 0.15) is 5.56 Å². The minimum Gasteiger partial charge on any atom is -0.344 e. The molecule has 0 aliphatic rings. The summed E-state index contributed by atoms with van der Waals surface area (Å²) in [5.41, 5.74) is 2.04. The van der Waals surface area contributed by atoms with E-state index in [0.29, 0.717) is 33.0 Å². The quantitative estimate of drug-likeness (QED) is 0.536. The van der Waals surface area contributed by atoms with E-state index in [1.165, 1.54) is 0 Å². The second-order valence-corrected chi connectivity index (χ2v) is 7.99. The van der Waals surface area contributed by atoms with Crippen LogP contribution in [0.2, 0.25) is 5.02 Å². The van der Waals surface area contributed by atoms with E-state index >= 15 is 0 Å². The molecule has 1 N–H and O–H groups in total. The number of rotatable bonds is 4. The molecule has 1 atom stereocenters. The molecule has 1 amide bonds. The zero-order valence-electron chi connectivity index (χ0n) is 17.2. The molecule has 4 rings (SSSR count). The van der Waals surface area contributed by atoms with Gasteiger partial charge in [0.25, 0.3) is 11.5 Å². The molecule has 3 heterocycles. The van der Waals surface area contributed by atoms with Crippen LogP contribution in [0, 0.1) is 6.92 Å². The third-order valence-electron chi connectivity index (χ3n) is 5.17. The number of hydrogen-bond donors (Lipinski definition) is 1. The van der Waals surface area contributed by atoms with Crippen LogP contribution < -0.4 is 10.9 Å². The third kappa shape index (κ3) is 3.25. The van der Waals surface area contributed by atoms with E-state index in [4.69, 9.17) is 11.6 Å². The summed E-state index contributed by atoms with van der Waals surface area (Å²) >= 11 is 6.30. The topological polar surface area (TPSA) is 81.3 Å². The molecule has 0 spiro atoms. The first-order valence-corrected chi connectivity index (χ1v) is 10.1. The average Bonchev–Trinajstić information content (AvgIpc) is 3.03. The van der Waals surface area contributed by atoms with Gasteiger partial charge >= 0.3 is 0 Å². The predicted molar refractivity (Wildman–Crippen MR) is 117 cm³/mol. The molecule has 7 nitrogen and oxygen atoms in total. The van der Waals surface area contributed by atoms with Crippen LogP contribution in [-0.2, 0) is 0 Å². The summed E-state index contributed by atoms with van der Waals surface area (Å²) in [6, 6.07) is 8.51. The summed E-state index contributed by atoms with van der Waals surface area (Å²) in [5.74, 6) is -0.289. The molecule has 8 heteroatoms. The van der Waals surface area contributed by atoms with E-state index in [1.54, 1.807) is 40.5 Å². The number of aryl methyl sites for hydroxylation is 1. The normalized spacial score (nSPS) is 12.6. The Morgan fingerprint density at radius 2 is 1.97 bits per heavy atom. The van der Waals surface area contributed by atoms with Crippen LogP contribution in [0.1, 0.15) is 54.6 Å². The number of benzene rings is 1. The summed E-state index contributed by atoms with van der Waals surface area (Å²) in [5, 5.41) is 9.01. The first-order chi connectivity index (χ1) is 14.3. The third-order valence-corrected chi connectivity index (χ3v) is 5.48. The van der Waals surface area contributed by atoms with Crippen LogP contribution in [0.5, 0.6) is 0 Å². The van der Waals surface area contributed by atoms with Crippen molar-refractivity contribution >= 4 is 33.9 Å². The van der Waals surface area contributed by atoms with Crippen LogP contribution in [0.25, 0.3) is 16.4 Å². The van der Waals surface area contributed by atoms with E-state index < -0.39 is 6.04 Å². The van der Waals surface area contributed by atoms with E-state index in [-0.39, 0.29) is 17.5 Å². The van der Waals surface area contributed by atoms with Gasteiger partial charge in [0.05, 0.1) is 22.1 Å². The SMILES string of the molecule is Cc1nn2cccnc2c1C(=O)N[C@@H](C)c1cc2cccc(Cl)c2c(=O)n1C(C)C. The van der Waals surface area contributed by atoms with E-state index in [1.807, 2.05) is 39.0 Å². The number of carbonyl (C=O) groups excluding carboxylic acids is 1. The van der Waals surface area contributed by atoms with Gasteiger partial charge in [-0.2, -0.15) is 5.10 Å². The maximum Gasteiger partial charge on any atom is 0.260 e. The molecule has 30 heavy (non-hydrogen) atoms. The second kappa shape index (κ2) is 7.57. The van der Waals surface area contributed by atoms with Crippen molar-refractivity contribution in [1.29, 1.82) is 0 Å². The highest BCUT2D eigenvalue weighted by Crippen LogP contribution is 2.25. The van der Waals surface area contributed by atoms with E-state index in [0.717, 1.165) is 5.39 Å². The number of hydrogen-bond acceptors (Lipinski definition) is 4. The Kier molecular flexibility index (Phi) is 5.07. The first-order valence-electron chi connectivity index (χ1n) is 9.74. The molecule has 0 saturated carbocycles. The van der Waals surface area contributed by atoms with E-state index in [9.17, 15) is 9.59 Å². The highest BCUT2D eigenvalue weighted by molar-refractivity contribution is 6.35. The second-order valence-electron chi connectivity index (χ2n) is 7.59. The maximum absolute atomic E-state index is 13.2. The number of amides is 1. The number of fused-ring (bicyclic) bond motifs is 2. The van der Waals surface area contributed by atoms with E-state index in [2.05, 4.69) is 15.4 Å². The van der Waals surface area contributed by atoms with Crippen LogP contribution in [0.3, 0.4) is 0 Å². The molecule has 0 fully saturated rings. The van der Waals surface area contributed by atoms with Crippen LogP contribution in [0.4, 0.5) is 0 Å². The van der Waals surface area contributed by atoms with Gasteiger partial charge in [-0.15, -0.1) is 0 Å². The van der Waals surface area contributed by atoms with Crippen LogP contribution in [0.15, 0.2) is 47.5 Å². The lowest BCUT2D eigenvalue weighted by molar-refractivity contribution is 0.0939. The summed E-state index contributed by atoms with van der Waals surface area (Å²) in [7, 11) is 0. The van der Waals surface area contributed by atoms with Crippen molar-refractivity contribution in [3.8, 4) is 0 Å². The number of nitrogens with one attached hydrogen (secondary N) is 1. The Labute approximate surface area is 178 Å². The smallest absolute Gasteiger partial charge is 0.260 e. The van der Waals surface area contributed by atoms with Gasteiger partial charge in [-0.3, -0.25) is 9.59 Å². The molecule has 0 radical (unpaired) electrons. The Bertz CT molecular complexity index is 1340. The van der Waals surface area contributed by atoms with Crippen molar-refractivity contribution in [3.05, 3.63) is 75.1 Å².